The summed E-state index contributed by atoms with van der Waals surface area (Å²) in [4.78, 5) is 4.90. The predicted molar refractivity (Wildman–Crippen MR) is 83.7 cm³/mol. The summed E-state index contributed by atoms with van der Waals surface area (Å²) < 4.78 is 6.18. The lowest BCUT2D eigenvalue weighted by Crippen LogP contribution is -2.40. The van der Waals surface area contributed by atoms with Crippen LogP contribution >= 0.6 is 0 Å². The van der Waals surface area contributed by atoms with E-state index in [0.717, 1.165) is 12.4 Å². The van der Waals surface area contributed by atoms with Crippen molar-refractivity contribution in [3.05, 3.63) is 24.3 Å². The van der Waals surface area contributed by atoms with E-state index < -0.39 is 0 Å². The van der Waals surface area contributed by atoms with Crippen molar-refractivity contribution >= 4 is 5.69 Å². The van der Waals surface area contributed by atoms with Gasteiger partial charge in [0, 0.05) is 19.1 Å². The molecule has 3 heteroatoms. The van der Waals surface area contributed by atoms with Gasteiger partial charge in [0.15, 0.2) is 0 Å². The zero-order chi connectivity index (χ0) is 13.8. The molecule has 2 aliphatic heterocycles. The molecule has 2 fully saturated rings. The van der Waals surface area contributed by atoms with Crippen LogP contribution in [0.1, 0.15) is 32.1 Å². The van der Waals surface area contributed by atoms with E-state index in [0.29, 0.717) is 6.04 Å². The molecule has 110 valence electrons. The van der Waals surface area contributed by atoms with Crippen molar-refractivity contribution in [2.24, 2.45) is 0 Å². The lowest BCUT2D eigenvalue weighted by atomic mass is 10.0. The fourth-order valence-corrected chi connectivity index (χ4v) is 3.34. The highest BCUT2D eigenvalue weighted by molar-refractivity contribution is 5.58. The molecule has 0 bridgehead atoms. The van der Waals surface area contributed by atoms with Crippen molar-refractivity contribution in [2.75, 3.05) is 38.2 Å². The molecule has 1 aromatic carbocycles. The molecule has 0 aliphatic carbocycles. The Hall–Kier alpha value is -1.22. The Labute approximate surface area is 122 Å². The Morgan fingerprint density at radius 1 is 1.05 bits per heavy atom. The van der Waals surface area contributed by atoms with Crippen LogP contribution in [0.5, 0.6) is 5.75 Å². The van der Waals surface area contributed by atoms with Crippen molar-refractivity contribution in [2.45, 2.75) is 38.1 Å². The van der Waals surface area contributed by atoms with E-state index in [1.54, 1.807) is 0 Å². The molecule has 2 aliphatic rings. The fourth-order valence-electron chi connectivity index (χ4n) is 3.34. The number of hydrogen-bond acceptors (Lipinski definition) is 3. The molecule has 20 heavy (non-hydrogen) atoms. The van der Waals surface area contributed by atoms with Crippen LogP contribution in [0.2, 0.25) is 0 Å². The van der Waals surface area contributed by atoms with Crippen molar-refractivity contribution in [3.63, 3.8) is 0 Å². The van der Waals surface area contributed by atoms with E-state index in [2.05, 4.69) is 41.1 Å². The van der Waals surface area contributed by atoms with E-state index >= 15 is 0 Å². The average molecular weight is 274 g/mol. The van der Waals surface area contributed by atoms with Crippen LogP contribution in [0.25, 0.3) is 0 Å². The molecule has 3 rings (SSSR count). The summed E-state index contributed by atoms with van der Waals surface area (Å²) >= 11 is 0. The van der Waals surface area contributed by atoms with Crippen molar-refractivity contribution in [1.29, 1.82) is 0 Å². The molecule has 1 unspecified atom stereocenters. The number of nitrogens with zero attached hydrogens (tertiary/aromatic N) is 2. The summed E-state index contributed by atoms with van der Waals surface area (Å²) in [6.45, 7) is 4.37. The van der Waals surface area contributed by atoms with Crippen molar-refractivity contribution in [3.8, 4) is 5.75 Å². The SMILES string of the molecule is CN1CCCCC1COc1ccccc1N1CCCC1. The second-order valence-electron chi connectivity index (χ2n) is 6.10. The average Bonchev–Trinajstić information content (AvgIpc) is 3.01. The summed E-state index contributed by atoms with van der Waals surface area (Å²) in [5.74, 6) is 1.06. The summed E-state index contributed by atoms with van der Waals surface area (Å²) in [5, 5.41) is 0. The zero-order valence-corrected chi connectivity index (χ0v) is 12.6. The molecular weight excluding hydrogens is 248 g/mol. The van der Waals surface area contributed by atoms with Gasteiger partial charge in [0.2, 0.25) is 0 Å². The predicted octanol–water partition coefficient (Wildman–Crippen LogP) is 3.15. The highest BCUT2D eigenvalue weighted by atomic mass is 16.5. The monoisotopic (exact) mass is 274 g/mol. The first kappa shape index (κ1) is 13.7. The third-order valence-corrected chi connectivity index (χ3v) is 4.66. The maximum Gasteiger partial charge on any atom is 0.142 e. The number of piperidine rings is 1. The van der Waals surface area contributed by atoms with Crippen LogP contribution in [0.4, 0.5) is 5.69 Å². The minimum atomic E-state index is 0.579. The van der Waals surface area contributed by atoms with E-state index in [-0.39, 0.29) is 0 Å². The molecule has 2 heterocycles. The molecule has 1 aromatic rings. The first-order valence-corrected chi connectivity index (χ1v) is 8.01. The number of ether oxygens (including phenoxy) is 1. The molecule has 2 saturated heterocycles. The molecule has 0 amide bonds. The van der Waals surface area contributed by atoms with Gasteiger partial charge in [0.25, 0.3) is 0 Å². The van der Waals surface area contributed by atoms with Gasteiger partial charge in [-0.2, -0.15) is 0 Å². The molecule has 1 atom stereocenters. The van der Waals surface area contributed by atoms with Gasteiger partial charge in [-0.3, -0.25) is 0 Å². The highest BCUT2D eigenvalue weighted by Gasteiger charge is 2.21. The molecular formula is C17H26N2O. The second kappa shape index (κ2) is 6.49. The summed E-state index contributed by atoms with van der Waals surface area (Å²) in [6.07, 6.45) is 6.55. The minimum absolute atomic E-state index is 0.579. The van der Waals surface area contributed by atoms with Gasteiger partial charge in [-0.1, -0.05) is 18.6 Å². The number of hydrogen-bond donors (Lipinski definition) is 0. The number of likely N-dealkylation sites (N-methyl/N-ethyl adjacent to an activating group) is 1. The van der Waals surface area contributed by atoms with E-state index in [1.807, 2.05) is 0 Å². The summed E-state index contributed by atoms with van der Waals surface area (Å²) in [5.41, 5.74) is 1.28. The summed E-state index contributed by atoms with van der Waals surface area (Å²) in [7, 11) is 2.22. The topological polar surface area (TPSA) is 15.7 Å². The standard InChI is InChI=1S/C17H26N2O/c1-18-11-5-4-8-15(18)14-20-17-10-3-2-9-16(17)19-12-6-7-13-19/h2-3,9-10,15H,4-8,11-14H2,1H3. The maximum absolute atomic E-state index is 6.18. The molecule has 3 nitrogen and oxygen atoms in total. The lowest BCUT2D eigenvalue weighted by molar-refractivity contribution is 0.125. The number of anilines is 1. The highest BCUT2D eigenvalue weighted by Crippen LogP contribution is 2.31. The third kappa shape index (κ3) is 3.09. The van der Waals surface area contributed by atoms with Crippen LogP contribution < -0.4 is 9.64 Å². The minimum Gasteiger partial charge on any atom is -0.490 e. The largest absolute Gasteiger partial charge is 0.490 e. The van der Waals surface area contributed by atoms with Gasteiger partial charge in [-0.15, -0.1) is 0 Å². The first-order chi connectivity index (χ1) is 9.84. The lowest BCUT2D eigenvalue weighted by Gasteiger charge is -2.32. The first-order valence-electron chi connectivity index (χ1n) is 8.01. The molecule has 0 radical (unpaired) electrons. The van der Waals surface area contributed by atoms with Crippen LogP contribution in [-0.2, 0) is 0 Å². The van der Waals surface area contributed by atoms with Crippen LogP contribution in [0.3, 0.4) is 0 Å². The molecule has 0 N–H and O–H groups in total. The number of para-hydroxylation sites is 2. The maximum atomic E-state index is 6.18. The quantitative estimate of drug-likeness (QED) is 0.839. The Morgan fingerprint density at radius 3 is 2.60 bits per heavy atom. The third-order valence-electron chi connectivity index (χ3n) is 4.66. The van der Waals surface area contributed by atoms with Gasteiger partial charge in [-0.05, 0) is 51.4 Å². The number of rotatable bonds is 4. The van der Waals surface area contributed by atoms with E-state index in [1.165, 1.54) is 57.4 Å². The molecule has 0 saturated carbocycles. The Kier molecular flexibility index (Phi) is 4.46. The van der Waals surface area contributed by atoms with Gasteiger partial charge < -0.3 is 14.5 Å². The number of benzene rings is 1. The Morgan fingerprint density at radius 2 is 1.80 bits per heavy atom. The van der Waals surface area contributed by atoms with Crippen LogP contribution in [0, 0.1) is 0 Å². The molecule has 0 aromatic heterocycles. The zero-order valence-electron chi connectivity index (χ0n) is 12.6. The van der Waals surface area contributed by atoms with Gasteiger partial charge in [0.05, 0.1) is 5.69 Å². The van der Waals surface area contributed by atoms with Gasteiger partial charge >= 0.3 is 0 Å². The van der Waals surface area contributed by atoms with Crippen LogP contribution in [0.15, 0.2) is 24.3 Å². The summed E-state index contributed by atoms with van der Waals surface area (Å²) in [6, 6.07) is 9.10. The Balaban J connectivity index is 1.64. The second-order valence-corrected chi connectivity index (χ2v) is 6.10. The van der Waals surface area contributed by atoms with Crippen LogP contribution in [-0.4, -0.2) is 44.2 Å². The van der Waals surface area contributed by atoms with E-state index in [9.17, 15) is 0 Å². The number of likely N-dealkylation sites (tertiary alicyclic amines) is 1. The van der Waals surface area contributed by atoms with Gasteiger partial charge in [-0.25, -0.2) is 0 Å². The normalized spacial score (nSPS) is 24.1. The fraction of sp³-hybridized carbons (Fsp3) is 0.647. The van der Waals surface area contributed by atoms with Crippen molar-refractivity contribution in [1.82, 2.24) is 4.90 Å². The Bertz CT molecular complexity index is 429. The van der Waals surface area contributed by atoms with Gasteiger partial charge in [0.1, 0.15) is 12.4 Å². The van der Waals surface area contributed by atoms with E-state index in [4.69, 9.17) is 4.74 Å². The van der Waals surface area contributed by atoms with Crippen molar-refractivity contribution < 1.29 is 4.74 Å². The smallest absolute Gasteiger partial charge is 0.142 e. The molecule has 0 spiro atoms.